The SMILES string of the molecule is CCc1nn2cc(C)ccc2c1S(=O)(=O)c1ccc(OCCCN(C)CCc2ccc(OC)c(OC)c2)cc1. The maximum atomic E-state index is 13.5. The molecule has 0 N–H and O–H groups in total. The molecule has 0 aliphatic carbocycles. The highest BCUT2D eigenvalue weighted by molar-refractivity contribution is 7.91. The van der Waals surface area contributed by atoms with Crippen molar-refractivity contribution in [2.24, 2.45) is 0 Å². The van der Waals surface area contributed by atoms with Gasteiger partial charge in [-0.1, -0.05) is 19.1 Å². The summed E-state index contributed by atoms with van der Waals surface area (Å²) in [6.07, 6.45) is 4.13. The van der Waals surface area contributed by atoms with Crippen molar-refractivity contribution in [1.82, 2.24) is 14.5 Å². The van der Waals surface area contributed by atoms with Gasteiger partial charge in [0, 0.05) is 19.3 Å². The number of rotatable bonds is 13. The monoisotopic (exact) mass is 551 g/mol. The first-order valence-electron chi connectivity index (χ1n) is 13.1. The van der Waals surface area contributed by atoms with Gasteiger partial charge in [0.1, 0.15) is 10.6 Å². The third kappa shape index (κ3) is 6.54. The summed E-state index contributed by atoms with van der Waals surface area (Å²) < 4.78 is 45.3. The zero-order valence-electron chi connectivity index (χ0n) is 23.3. The molecular formula is C30H37N3O5S. The molecule has 0 spiro atoms. The lowest BCUT2D eigenvalue weighted by Gasteiger charge is -2.17. The largest absolute Gasteiger partial charge is 0.494 e. The van der Waals surface area contributed by atoms with Crippen molar-refractivity contribution in [3.8, 4) is 17.2 Å². The zero-order valence-corrected chi connectivity index (χ0v) is 24.1. The second-order valence-electron chi connectivity index (χ2n) is 9.59. The Balaban J connectivity index is 1.30. The van der Waals surface area contributed by atoms with E-state index >= 15 is 0 Å². The quantitative estimate of drug-likeness (QED) is 0.216. The first kappa shape index (κ1) is 28.4. The Hall–Kier alpha value is -3.56. The minimum Gasteiger partial charge on any atom is -0.494 e. The molecule has 4 rings (SSSR count). The molecule has 0 aliphatic heterocycles. The molecule has 0 unspecified atom stereocenters. The molecule has 0 atom stereocenters. The fourth-order valence-electron chi connectivity index (χ4n) is 4.53. The van der Waals surface area contributed by atoms with E-state index in [-0.39, 0.29) is 9.79 Å². The number of aryl methyl sites for hydroxylation is 2. The summed E-state index contributed by atoms with van der Waals surface area (Å²) in [6.45, 7) is 6.20. The van der Waals surface area contributed by atoms with E-state index in [2.05, 4.69) is 23.1 Å². The van der Waals surface area contributed by atoms with Crippen molar-refractivity contribution < 1.29 is 22.6 Å². The van der Waals surface area contributed by atoms with E-state index in [4.69, 9.17) is 14.2 Å². The van der Waals surface area contributed by atoms with Crippen LogP contribution < -0.4 is 14.2 Å². The van der Waals surface area contributed by atoms with Gasteiger partial charge in [0.05, 0.1) is 36.9 Å². The summed E-state index contributed by atoms with van der Waals surface area (Å²) in [5.74, 6) is 2.12. The van der Waals surface area contributed by atoms with E-state index in [1.165, 1.54) is 5.56 Å². The maximum absolute atomic E-state index is 13.5. The molecule has 0 saturated carbocycles. The molecule has 8 nitrogen and oxygen atoms in total. The topological polar surface area (TPSA) is 82.4 Å². The average Bonchev–Trinajstić information content (AvgIpc) is 3.32. The van der Waals surface area contributed by atoms with Crippen LogP contribution in [0.4, 0.5) is 0 Å². The third-order valence-electron chi connectivity index (χ3n) is 6.72. The molecule has 4 aromatic rings. The van der Waals surface area contributed by atoms with Gasteiger partial charge in [-0.15, -0.1) is 0 Å². The molecular weight excluding hydrogens is 514 g/mol. The number of benzene rings is 2. The Morgan fingerprint density at radius 3 is 2.38 bits per heavy atom. The van der Waals surface area contributed by atoms with E-state index in [0.717, 1.165) is 43.0 Å². The summed E-state index contributed by atoms with van der Waals surface area (Å²) in [6, 6.07) is 16.4. The molecule has 0 fully saturated rings. The molecule has 9 heteroatoms. The Bertz CT molecular complexity index is 1510. The first-order valence-corrected chi connectivity index (χ1v) is 14.6. The minimum absolute atomic E-state index is 0.231. The lowest BCUT2D eigenvalue weighted by atomic mass is 10.1. The lowest BCUT2D eigenvalue weighted by Crippen LogP contribution is -2.23. The summed E-state index contributed by atoms with van der Waals surface area (Å²) in [4.78, 5) is 2.77. The van der Waals surface area contributed by atoms with Gasteiger partial charge in [0.15, 0.2) is 11.5 Å². The highest BCUT2D eigenvalue weighted by atomic mass is 32.2. The van der Waals surface area contributed by atoms with Crippen molar-refractivity contribution in [3.63, 3.8) is 0 Å². The van der Waals surface area contributed by atoms with Crippen LogP contribution in [-0.4, -0.2) is 63.9 Å². The number of fused-ring (bicyclic) bond motifs is 1. The predicted molar refractivity (Wildman–Crippen MR) is 152 cm³/mol. The minimum atomic E-state index is -3.73. The molecule has 0 bridgehead atoms. The van der Waals surface area contributed by atoms with Crippen molar-refractivity contribution in [2.45, 2.75) is 42.9 Å². The number of hydrogen-bond acceptors (Lipinski definition) is 7. The van der Waals surface area contributed by atoms with Gasteiger partial charge in [-0.3, -0.25) is 0 Å². The van der Waals surface area contributed by atoms with Crippen molar-refractivity contribution in [3.05, 3.63) is 77.6 Å². The number of sulfone groups is 1. The fraction of sp³-hybridized carbons (Fsp3) is 0.367. The lowest BCUT2D eigenvalue weighted by molar-refractivity contribution is 0.264. The maximum Gasteiger partial charge on any atom is 0.210 e. The van der Waals surface area contributed by atoms with Gasteiger partial charge in [-0.2, -0.15) is 5.10 Å². The molecule has 0 radical (unpaired) electrons. The predicted octanol–water partition coefficient (Wildman–Crippen LogP) is 5.00. The van der Waals surface area contributed by atoms with Crippen LogP contribution in [0.3, 0.4) is 0 Å². The Kier molecular flexibility index (Phi) is 9.14. The smallest absolute Gasteiger partial charge is 0.210 e. The van der Waals surface area contributed by atoms with E-state index in [9.17, 15) is 8.42 Å². The van der Waals surface area contributed by atoms with Gasteiger partial charge >= 0.3 is 0 Å². The van der Waals surface area contributed by atoms with Gasteiger partial charge in [-0.25, -0.2) is 12.9 Å². The number of pyridine rings is 1. The summed E-state index contributed by atoms with van der Waals surface area (Å²) in [5, 5.41) is 4.51. The van der Waals surface area contributed by atoms with Crippen molar-refractivity contribution in [2.75, 3.05) is 41.0 Å². The van der Waals surface area contributed by atoms with Crippen LogP contribution in [0.1, 0.15) is 30.2 Å². The average molecular weight is 552 g/mol. The Morgan fingerprint density at radius 2 is 1.69 bits per heavy atom. The van der Waals surface area contributed by atoms with Crippen LogP contribution in [0, 0.1) is 6.92 Å². The number of methoxy groups -OCH3 is 2. The molecule has 2 aromatic heterocycles. The molecule has 2 aromatic carbocycles. The molecule has 208 valence electrons. The van der Waals surface area contributed by atoms with Gasteiger partial charge in [0.2, 0.25) is 9.84 Å². The summed E-state index contributed by atoms with van der Waals surface area (Å²) in [7, 11) is 1.64. The molecule has 0 aliphatic rings. The standard InChI is InChI=1S/C30H37N3O5S/c1-6-26-30(27-14-8-22(2)21-33(27)31-26)39(34,35)25-12-10-24(11-13-25)38-19-7-17-32(3)18-16-23-9-15-28(36-4)29(20-23)37-5/h8-15,20-21H,6-7,16-19H2,1-5H3. The number of ether oxygens (including phenoxy) is 3. The van der Waals surface area contributed by atoms with Gasteiger partial charge < -0.3 is 19.1 Å². The number of likely N-dealkylation sites (N-methyl/N-ethyl adjacent to an activating group) is 1. The zero-order chi connectivity index (χ0) is 28.0. The first-order chi connectivity index (χ1) is 18.8. The van der Waals surface area contributed by atoms with Crippen LogP contribution in [0.15, 0.2) is 70.6 Å². The van der Waals surface area contributed by atoms with Crippen molar-refractivity contribution >= 4 is 15.4 Å². The van der Waals surface area contributed by atoms with Crippen LogP contribution in [-0.2, 0) is 22.7 Å². The van der Waals surface area contributed by atoms with Crippen LogP contribution in [0.25, 0.3) is 5.52 Å². The Morgan fingerprint density at radius 1 is 0.949 bits per heavy atom. The van der Waals surface area contributed by atoms with E-state index in [1.807, 2.05) is 44.3 Å². The molecule has 39 heavy (non-hydrogen) atoms. The van der Waals surface area contributed by atoms with Crippen LogP contribution in [0.2, 0.25) is 0 Å². The number of hydrogen-bond donors (Lipinski definition) is 0. The van der Waals surface area contributed by atoms with E-state index < -0.39 is 9.84 Å². The highest BCUT2D eigenvalue weighted by Crippen LogP contribution is 2.30. The van der Waals surface area contributed by atoms with Crippen LogP contribution >= 0.6 is 0 Å². The molecule has 0 saturated heterocycles. The second-order valence-corrected chi connectivity index (χ2v) is 11.5. The highest BCUT2D eigenvalue weighted by Gasteiger charge is 2.26. The second kappa shape index (κ2) is 12.5. The fourth-order valence-corrected chi connectivity index (χ4v) is 6.19. The third-order valence-corrected chi connectivity index (χ3v) is 8.60. The normalized spacial score (nSPS) is 11.7. The van der Waals surface area contributed by atoms with Gasteiger partial charge in [-0.05, 0) is 86.8 Å². The molecule has 2 heterocycles. The van der Waals surface area contributed by atoms with Gasteiger partial charge in [0.25, 0.3) is 0 Å². The Labute approximate surface area is 231 Å². The van der Waals surface area contributed by atoms with Crippen molar-refractivity contribution in [1.29, 1.82) is 0 Å². The summed E-state index contributed by atoms with van der Waals surface area (Å²) >= 11 is 0. The molecule has 0 amide bonds. The number of nitrogens with zero attached hydrogens (tertiary/aromatic N) is 3. The summed E-state index contributed by atoms with van der Waals surface area (Å²) in [5.41, 5.74) is 3.36. The van der Waals surface area contributed by atoms with E-state index in [1.54, 1.807) is 43.0 Å². The van der Waals surface area contributed by atoms with E-state index in [0.29, 0.717) is 30.0 Å². The van der Waals surface area contributed by atoms with Crippen LogP contribution in [0.5, 0.6) is 17.2 Å². The number of aromatic nitrogens is 2.